The predicted octanol–water partition coefficient (Wildman–Crippen LogP) is 2.09. The van der Waals surface area contributed by atoms with Crippen molar-refractivity contribution in [3.05, 3.63) is 34.9 Å². The van der Waals surface area contributed by atoms with Crippen molar-refractivity contribution in [2.45, 2.75) is 44.3 Å². The van der Waals surface area contributed by atoms with E-state index in [-0.39, 0.29) is 0 Å². The van der Waals surface area contributed by atoms with Crippen LogP contribution in [0.5, 0.6) is 0 Å². The second-order valence-corrected chi connectivity index (χ2v) is 7.99. The molecule has 28 heavy (non-hydrogen) atoms. The van der Waals surface area contributed by atoms with Gasteiger partial charge in [-0.1, -0.05) is 12.8 Å². The molecular formula is C20H26F2N4O2. The monoisotopic (exact) mass is 392 g/mol. The third kappa shape index (κ3) is 4.03. The number of nitrogens with zero attached hydrogens (tertiary/aromatic N) is 4. The van der Waals surface area contributed by atoms with Gasteiger partial charge in [-0.15, -0.1) is 0 Å². The van der Waals surface area contributed by atoms with Crippen molar-refractivity contribution in [3.8, 4) is 0 Å². The number of fused-ring (bicyclic) bond motifs is 1. The first kappa shape index (κ1) is 19.3. The van der Waals surface area contributed by atoms with Gasteiger partial charge in [-0.05, 0) is 31.0 Å². The van der Waals surface area contributed by atoms with Gasteiger partial charge in [-0.3, -0.25) is 14.3 Å². The molecule has 152 valence electrons. The molecule has 4 rings (SSSR count). The Labute approximate surface area is 162 Å². The molecule has 0 bridgehead atoms. The van der Waals surface area contributed by atoms with Crippen molar-refractivity contribution < 1.29 is 13.9 Å². The van der Waals surface area contributed by atoms with Crippen LogP contribution in [0.1, 0.15) is 25.7 Å². The van der Waals surface area contributed by atoms with E-state index in [0.29, 0.717) is 10.9 Å². The Morgan fingerprint density at radius 1 is 1.14 bits per heavy atom. The number of aliphatic hydroxyl groups is 1. The van der Waals surface area contributed by atoms with Crippen LogP contribution in [-0.2, 0) is 6.54 Å². The van der Waals surface area contributed by atoms with Crippen molar-refractivity contribution >= 4 is 16.6 Å². The van der Waals surface area contributed by atoms with Crippen LogP contribution in [0.4, 0.5) is 14.5 Å². The van der Waals surface area contributed by atoms with E-state index in [0.717, 1.165) is 68.7 Å². The average Bonchev–Trinajstić information content (AvgIpc) is 3.10. The van der Waals surface area contributed by atoms with Gasteiger partial charge in [-0.25, -0.2) is 13.8 Å². The average molecular weight is 392 g/mol. The second kappa shape index (κ2) is 7.75. The van der Waals surface area contributed by atoms with Gasteiger partial charge < -0.3 is 10.0 Å². The Balaban J connectivity index is 1.44. The highest BCUT2D eigenvalue weighted by Crippen LogP contribution is 2.30. The van der Waals surface area contributed by atoms with Crippen molar-refractivity contribution in [3.63, 3.8) is 0 Å². The molecule has 0 radical (unpaired) electrons. The molecule has 0 amide bonds. The van der Waals surface area contributed by atoms with E-state index in [4.69, 9.17) is 0 Å². The highest BCUT2D eigenvalue weighted by molar-refractivity contribution is 5.81. The summed E-state index contributed by atoms with van der Waals surface area (Å²) in [5.74, 6) is 0. The maximum atomic E-state index is 12.6. The summed E-state index contributed by atoms with van der Waals surface area (Å²) in [6, 6.07) is 5.39. The molecule has 1 N–H and O–H groups in total. The van der Waals surface area contributed by atoms with Gasteiger partial charge in [0.25, 0.3) is 12.0 Å². The fourth-order valence-electron chi connectivity index (χ4n) is 4.39. The summed E-state index contributed by atoms with van der Waals surface area (Å²) in [7, 11) is 0. The van der Waals surface area contributed by atoms with Crippen LogP contribution in [0.15, 0.2) is 29.3 Å². The van der Waals surface area contributed by atoms with Gasteiger partial charge in [0.1, 0.15) is 0 Å². The Kier molecular flexibility index (Phi) is 5.33. The summed E-state index contributed by atoms with van der Waals surface area (Å²) in [6.45, 7) is 3.53. The number of aromatic nitrogens is 2. The minimum absolute atomic E-state index is 0.356. The van der Waals surface area contributed by atoms with Crippen molar-refractivity contribution in [2.75, 3.05) is 37.6 Å². The zero-order valence-electron chi connectivity index (χ0n) is 15.9. The molecule has 6 nitrogen and oxygen atoms in total. The molecule has 0 unspecified atom stereocenters. The normalized spacial score (nSPS) is 20.4. The summed E-state index contributed by atoms with van der Waals surface area (Å²) in [5, 5.41) is 11.0. The summed E-state index contributed by atoms with van der Waals surface area (Å²) < 4.78 is 26.1. The first-order chi connectivity index (χ1) is 13.4. The first-order valence-electron chi connectivity index (χ1n) is 9.91. The quantitative estimate of drug-likeness (QED) is 0.844. The highest BCUT2D eigenvalue weighted by atomic mass is 19.3. The van der Waals surface area contributed by atoms with Crippen molar-refractivity contribution in [1.82, 2.24) is 14.5 Å². The van der Waals surface area contributed by atoms with Crippen LogP contribution in [0.2, 0.25) is 0 Å². The molecule has 0 atom stereocenters. The lowest BCUT2D eigenvalue weighted by Gasteiger charge is -2.39. The molecule has 2 aromatic rings. The van der Waals surface area contributed by atoms with Gasteiger partial charge in [0.15, 0.2) is 0 Å². The van der Waals surface area contributed by atoms with E-state index in [9.17, 15) is 18.7 Å². The SMILES string of the molecule is O=c1c2ccc(N3CCN(CC4(O)CCCC4)CC3)cc2ncn1CC(F)F. The molecule has 1 aliphatic heterocycles. The fourth-order valence-corrected chi connectivity index (χ4v) is 4.39. The molecule has 8 heteroatoms. The molecule has 0 spiro atoms. The molecule has 1 aliphatic carbocycles. The Hall–Kier alpha value is -2.06. The van der Waals surface area contributed by atoms with E-state index in [1.54, 1.807) is 6.07 Å². The molecule has 2 fully saturated rings. The molecule has 2 heterocycles. The van der Waals surface area contributed by atoms with Gasteiger partial charge >= 0.3 is 0 Å². The van der Waals surface area contributed by atoms with Gasteiger partial charge in [-0.2, -0.15) is 0 Å². The predicted molar refractivity (Wildman–Crippen MR) is 104 cm³/mol. The summed E-state index contributed by atoms with van der Waals surface area (Å²) in [4.78, 5) is 21.1. The van der Waals surface area contributed by atoms with Crippen LogP contribution in [0.25, 0.3) is 10.9 Å². The molecule has 1 saturated heterocycles. The first-order valence-corrected chi connectivity index (χ1v) is 9.91. The van der Waals surface area contributed by atoms with E-state index in [1.807, 2.05) is 12.1 Å². The van der Waals surface area contributed by atoms with E-state index >= 15 is 0 Å². The number of hydrogen-bond donors (Lipinski definition) is 1. The molecule has 1 aromatic heterocycles. The molecule has 2 aliphatic rings. The van der Waals surface area contributed by atoms with E-state index in [2.05, 4.69) is 14.8 Å². The number of piperazine rings is 1. The van der Waals surface area contributed by atoms with E-state index < -0.39 is 24.1 Å². The molecule has 1 aromatic carbocycles. The lowest BCUT2D eigenvalue weighted by atomic mass is 10.0. The van der Waals surface area contributed by atoms with Crippen LogP contribution < -0.4 is 10.5 Å². The minimum atomic E-state index is -2.59. The Morgan fingerprint density at radius 2 is 1.86 bits per heavy atom. The summed E-state index contributed by atoms with van der Waals surface area (Å²) in [6.07, 6.45) is 2.62. The van der Waals surface area contributed by atoms with Crippen LogP contribution in [0, 0.1) is 0 Å². The molecule has 1 saturated carbocycles. The fraction of sp³-hybridized carbons (Fsp3) is 0.600. The zero-order chi connectivity index (χ0) is 19.7. The van der Waals surface area contributed by atoms with Crippen LogP contribution in [0.3, 0.4) is 0 Å². The third-order valence-corrected chi connectivity index (χ3v) is 5.93. The third-order valence-electron chi connectivity index (χ3n) is 5.93. The number of anilines is 1. The number of β-amino-alcohol motifs (C(OH)–C–C–N with tert-alkyl or cyclic N) is 1. The van der Waals surface area contributed by atoms with Gasteiger partial charge in [0.05, 0.1) is 29.4 Å². The zero-order valence-corrected chi connectivity index (χ0v) is 15.9. The largest absolute Gasteiger partial charge is 0.389 e. The maximum absolute atomic E-state index is 12.6. The smallest absolute Gasteiger partial charge is 0.261 e. The Bertz CT molecular complexity index is 887. The van der Waals surface area contributed by atoms with Crippen molar-refractivity contribution in [1.29, 1.82) is 0 Å². The lowest BCUT2D eigenvalue weighted by molar-refractivity contribution is 0.00802. The van der Waals surface area contributed by atoms with Gasteiger partial charge in [0.2, 0.25) is 0 Å². The minimum Gasteiger partial charge on any atom is -0.389 e. The lowest BCUT2D eigenvalue weighted by Crippen LogP contribution is -2.51. The highest BCUT2D eigenvalue weighted by Gasteiger charge is 2.34. The topological polar surface area (TPSA) is 61.6 Å². The van der Waals surface area contributed by atoms with Crippen LogP contribution >= 0.6 is 0 Å². The molecular weight excluding hydrogens is 366 g/mol. The Morgan fingerprint density at radius 3 is 2.54 bits per heavy atom. The standard InChI is InChI=1S/C20H26F2N4O2/c21-18(22)12-26-14-23-17-11-15(3-4-16(17)19(26)27)25-9-7-24(8-10-25)13-20(28)5-1-2-6-20/h3-4,11,14,18,28H,1-2,5-10,12-13H2. The van der Waals surface area contributed by atoms with Crippen LogP contribution in [-0.4, -0.2) is 64.3 Å². The second-order valence-electron chi connectivity index (χ2n) is 7.99. The number of hydrogen-bond acceptors (Lipinski definition) is 5. The number of halogens is 2. The summed E-state index contributed by atoms with van der Waals surface area (Å²) >= 11 is 0. The number of alkyl halides is 2. The summed E-state index contributed by atoms with van der Waals surface area (Å²) in [5.41, 5.74) is 0.542. The number of rotatable bonds is 5. The van der Waals surface area contributed by atoms with Crippen molar-refractivity contribution in [2.24, 2.45) is 0 Å². The maximum Gasteiger partial charge on any atom is 0.261 e. The van der Waals surface area contributed by atoms with E-state index in [1.165, 1.54) is 6.33 Å². The van der Waals surface area contributed by atoms with Gasteiger partial charge in [0, 0.05) is 38.4 Å². The number of benzene rings is 1.